The summed E-state index contributed by atoms with van der Waals surface area (Å²) in [7, 11) is 1.62. The van der Waals surface area contributed by atoms with Crippen LogP contribution in [0.4, 0.5) is 11.4 Å². The van der Waals surface area contributed by atoms with Gasteiger partial charge in [0.15, 0.2) is 0 Å². The predicted molar refractivity (Wildman–Crippen MR) is 83.6 cm³/mol. The smallest absolute Gasteiger partial charge is 0.121 e. The number of thiocarbonyl (C=S) groups is 1. The van der Waals surface area contributed by atoms with Gasteiger partial charge < -0.3 is 15.8 Å². The van der Waals surface area contributed by atoms with Crippen molar-refractivity contribution >= 4 is 40.2 Å². The molecule has 0 aliphatic rings. The van der Waals surface area contributed by atoms with Crippen molar-refractivity contribution in [2.75, 3.05) is 12.4 Å². The molecule has 98 valence electrons. The molecular weight excluding hydrogens is 280 g/mol. The topological polar surface area (TPSA) is 47.3 Å². The third kappa shape index (κ3) is 3.36. The molecule has 0 saturated heterocycles. The molecule has 5 heteroatoms. The molecule has 2 aromatic carbocycles. The maximum absolute atomic E-state index is 6.13. The number of hydrogen-bond acceptors (Lipinski definition) is 3. The first-order chi connectivity index (χ1) is 9.10. The minimum absolute atomic E-state index is 0.381. The second kappa shape index (κ2) is 5.91. The molecule has 0 amide bonds. The van der Waals surface area contributed by atoms with E-state index in [-0.39, 0.29) is 0 Å². The summed E-state index contributed by atoms with van der Waals surface area (Å²) in [5.41, 5.74) is 8.06. The Morgan fingerprint density at radius 1 is 1.21 bits per heavy atom. The summed E-state index contributed by atoms with van der Waals surface area (Å²) >= 11 is 11.0. The van der Waals surface area contributed by atoms with Gasteiger partial charge in [0.05, 0.1) is 17.8 Å². The molecule has 0 heterocycles. The van der Waals surface area contributed by atoms with Crippen molar-refractivity contribution in [1.82, 2.24) is 0 Å². The van der Waals surface area contributed by atoms with E-state index in [2.05, 4.69) is 5.32 Å². The zero-order valence-electron chi connectivity index (χ0n) is 10.3. The third-order valence-corrected chi connectivity index (χ3v) is 3.19. The maximum Gasteiger partial charge on any atom is 0.121 e. The molecule has 0 spiro atoms. The Balaban J connectivity index is 2.23. The van der Waals surface area contributed by atoms with Crippen LogP contribution in [-0.2, 0) is 0 Å². The van der Waals surface area contributed by atoms with Crippen LogP contribution in [-0.4, -0.2) is 12.1 Å². The summed E-state index contributed by atoms with van der Waals surface area (Å²) in [5, 5.41) is 3.84. The van der Waals surface area contributed by atoms with Gasteiger partial charge in [-0.15, -0.1) is 0 Å². The van der Waals surface area contributed by atoms with Gasteiger partial charge in [-0.3, -0.25) is 0 Å². The first-order valence-electron chi connectivity index (χ1n) is 5.60. The Labute approximate surface area is 122 Å². The Bertz CT molecular complexity index is 599. The van der Waals surface area contributed by atoms with E-state index < -0.39 is 0 Å². The van der Waals surface area contributed by atoms with E-state index in [1.54, 1.807) is 13.2 Å². The van der Waals surface area contributed by atoms with Gasteiger partial charge >= 0.3 is 0 Å². The van der Waals surface area contributed by atoms with Crippen molar-refractivity contribution in [3.8, 4) is 5.75 Å². The molecule has 2 rings (SSSR count). The van der Waals surface area contributed by atoms with Crippen molar-refractivity contribution in [3.63, 3.8) is 0 Å². The lowest BCUT2D eigenvalue weighted by Crippen LogP contribution is -2.08. The van der Waals surface area contributed by atoms with Crippen LogP contribution in [0.5, 0.6) is 5.75 Å². The van der Waals surface area contributed by atoms with E-state index in [1.807, 2.05) is 36.4 Å². The molecule has 2 aromatic rings. The molecule has 0 aromatic heterocycles. The predicted octanol–water partition coefficient (Wildman–Crippen LogP) is 3.73. The van der Waals surface area contributed by atoms with Crippen LogP contribution in [0, 0.1) is 0 Å². The molecular formula is C14H13ClN2OS. The maximum atomic E-state index is 6.13. The van der Waals surface area contributed by atoms with Gasteiger partial charge in [0.25, 0.3) is 0 Å². The van der Waals surface area contributed by atoms with Crippen molar-refractivity contribution in [1.29, 1.82) is 0 Å². The number of rotatable bonds is 4. The Morgan fingerprint density at radius 3 is 2.47 bits per heavy atom. The Kier molecular flexibility index (Phi) is 4.24. The molecule has 0 unspecified atom stereocenters. The first kappa shape index (κ1) is 13.6. The van der Waals surface area contributed by atoms with Gasteiger partial charge in [-0.2, -0.15) is 0 Å². The Morgan fingerprint density at radius 2 is 1.89 bits per heavy atom. The minimum Gasteiger partial charge on any atom is -0.497 e. The summed E-state index contributed by atoms with van der Waals surface area (Å²) in [5.74, 6) is 0.742. The average molecular weight is 293 g/mol. The van der Waals surface area contributed by atoms with E-state index in [9.17, 15) is 0 Å². The van der Waals surface area contributed by atoms with Crippen LogP contribution in [0.1, 0.15) is 5.56 Å². The molecule has 0 bridgehead atoms. The quantitative estimate of drug-likeness (QED) is 0.843. The highest BCUT2D eigenvalue weighted by Crippen LogP contribution is 2.29. The third-order valence-electron chi connectivity index (χ3n) is 2.62. The number of anilines is 2. The number of ether oxygens (including phenoxy) is 1. The fourth-order valence-corrected chi connectivity index (χ4v) is 1.90. The average Bonchev–Trinajstić information content (AvgIpc) is 2.42. The lowest BCUT2D eigenvalue weighted by atomic mass is 10.2. The van der Waals surface area contributed by atoms with Crippen LogP contribution < -0.4 is 15.8 Å². The summed E-state index contributed by atoms with van der Waals surface area (Å²) in [6, 6.07) is 12.9. The number of benzene rings is 2. The molecule has 0 fully saturated rings. The molecule has 3 nitrogen and oxygen atoms in total. The molecule has 0 aliphatic carbocycles. The molecule has 0 aliphatic heterocycles. The summed E-state index contributed by atoms with van der Waals surface area (Å²) in [6.07, 6.45) is 0. The first-order valence-corrected chi connectivity index (χ1v) is 6.39. The van der Waals surface area contributed by atoms with Gasteiger partial charge in [0.2, 0.25) is 0 Å². The highest BCUT2D eigenvalue weighted by Gasteiger charge is 2.03. The largest absolute Gasteiger partial charge is 0.497 e. The van der Waals surface area contributed by atoms with Gasteiger partial charge in [-0.05, 0) is 36.4 Å². The number of nitrogens with one attached hydrogen (secondary N) is 1. The zero-order chi connectivity index (χ0) is 13.8. The summed E-state index contributed by atoms with van der Waals surface area (Å²) in [6.45, 7) is 0. The SMILES string of the molecule is COc1ccc(Cl)c(Nc2ccc(C(N)=S)cc2)c1. The van der Waals surface area contributed by atoms with E-state index in [4.69, 9.17) is 34.3 Å². The normalized spacial score (nSPS) is 10.0. The van der Waals surface area contributed by atoms with E-state index in [1.165, 1.54) is 0 Å². The van der Waals surface area contributed by atoms with Crippen molar-refractivity contribution in [2.45, 2.75) is 0 Å². The second-order valence-corrected chi connectivity index (χ2v) is 4.76. The highest BCUT2D eigenvalue weighted by atomic mass is 35.5. The van der Waals surface area contributed by atoms with Crippen LogP contribution in [0.15, 0.2) is 42.5 Å². The summed E-state index contributed by atoms with van der Waals surface area (Å²) < 4.78 is 5.17. The van der Waals surface area contributed by atoms with Gasteiger partial charge in [0.1, 0.15) is 10.7 Å². The zero-order valence-corrected chi connectivity index (χ0v) is 11.9. The van der Waals surface area contributed by atoms with Gasteiger partial charge in [0, 0.05) is 17.3 Å². The van der Waals surface area contributed by atoms with Crippen LogP contribution in [0.3, 0.4) is 0 Å². The molecule has 0 radical (unpaired) electrons. The highest BCUT2D eigenvalue weighted by molar-refractivity contribution is 7.80. The molecule has 0 atom stereocenters. The van der Waals surface area contributed by atoms with Crippen molar-refractivity contribution < 1.29 is 4.74 Å². The molecule has 19 heavy (non-hydrogen) atoms. The minimum atomic E-state index is 0.381. The monoisotopic (exact) mass is 292 g/mol. The number of methoxy groups -OCH3 is 1. The van der Waals surface area contributed by atoms with Crippen LogP contribution >= 0.6 is 23.8 Å². The van der Waals surface area contributed by atoms with E-state index in [0.717, 1.165) is 22.7 Å². The second-order valence-electron chi connectivity index (χ2n) is 3.91. The Hall–Kier alpha value is -1.78. The summed E-state index contributed by atoms with van der Waals surface area (Å²) in [4.78, 5) is 0.381. The van der Waals surface area contributed by atoms with Crippen LogP contribution in [0.2, 0.25) is 5.02 Å². The van der Waals surface area contributed by atoms with E-state index >= 15 is 0 Å². The fraction of sp³-hybridized carbons (Fsp3) is 0.0714. The number of hydrogen-bond donors (Lipinski definition) is 2. The fourth-order valence-electron chi connectivity index (χ4n) is 1.60. The standard InChI is InChI=1S/C14H13ClN2OS/c1-18-11-6-7-12(15)13(8-11)17-10-4-2-9(3-5-10)14(16)19/h2-8,17H,1H3,(H2,16,19). The lowest BCUT2D eigenvalue weighted by Gasteiger charge is -2.10. The molecule has 0 saturated carbocycles. The number of nitrogens with two attached hydrogens (primary N) is 1. The molecule has 3 N–H and O–H groups in total. The lowest BCUT2D eigenvalue weighted by molar-refractivity contribution is 0.415. The van der Waals surface area contributed by atoms with E-state index in [0.29, 0.717) is 10.0 Å². The van der Waals surface area contributed by atoms with Crippen LogP contribution in [0.25, 0.3) is 0 Å². The van der Waals surface area contributed by atoms with Crippen molar-refractivity contribution in [2.24, 2.45) is 5.73 Å². The number of halogens is 1. The van der Waals surface area contributed by atoms with Crippen molar-refractivity contribution in [3.05, 3.63) is 53.1 Å². The van der Waals surface area contributed by atoms with Gasteiger partial charge in [-0.25, -0.2) is 0 Å². The van der Waals surface area contributed by atoms with Gasteiger partial charge in [-0.1, -0.05) is 23.8 Å².